The average Bonchev–Trinajstić information content (AvgIpc) is 2.93. The Balaban J connectivity index is 1.71. The third kappa shape index (κ3) is 1.66. The molecule has 0 bridgehead atoms. The fourth-order valence-electron chi connectivity index (χ4n) is 3.38. The average molecular weight is 221 g/mol. The van der Waals surface area contributed by atoms with Gasteiger partial charge in [0.05, 0.1) is 12.7 Å². The van der Waals surface area contributed by atoms with Gasteiger partial charge in [-0.15, -0.1) is 0 Å². The lowest BCUT2D eigenvalue weighted by atomic mass is 9.93. The van der Waals surface area contributed by atoms with Crippen molar-refractivity contribution >= 4 is 0 Å². The minimum absolute atomic E-state index is 0.713. The lowest BCUT2D eigenvalue weighted by Gasteiger charge is -2.25. The van der Waals surface area contributed by atoms with Crippen LogP contribution < -0.4 is 5.32 Å². The SMILES string of the molecule is CCC1C2CNCC2CN1Cc1ccno1. The molecule has 4 nitrogen and oxygen atoms in total. The van der Waals surface area contributed by atoms with Crippen LogP contribution in [-0.4, -0.2) is 35.7 Å². The van der Waals surface area contributed by atoms with Crippen LogP contribution in [0.5, 0.6) is 0 Å². The third-order valence-electron chi connectivity index (χ3n) is 4.09. The van der Waals surface area contributed by atoms with Crippen LogP contribution in [0.3, 0.4) is 0 Å². The Morgan fingerprint density at radius 3 is 3.25 bits per heavy atom. The predicted octanol–water partition coefficient (Wildman–Crippen LogP) is 1.10. The quantitative estimate of drug-likeness (QED) is 0.830. The van der Waals surface area contributed by atoms with E-state index in [1.54, 1.807) is 6.20 Å². The molecular formula is C12H19N3O. The van der Waals surface area contributed by atoms with E-state index in [-0.39, 0.29) is 0 Å². The topological polar surface area (TPSA) is 41.3 Å². The molecule has 3 rings (SSSR count). The summed E-state index contributed by atoms with van der Waals surface area (Å²) in [7, 11) is 0. The van der Waals surface area contributed by atoms with Crippen molar-refractivity contribution in [3.63, 3.8) is 0 Å². The van der Waals surface area contributed by atoms with E-state index in [2.05, 4.69) is 22.3 Å². The van der Waals surface area contributed by atoms with E-state index in [1.165, 1.54) is 26.1 Å². The van der Waals surface area contributed by atoms with Crippen molar-refractivity contribution in [1.82, 2.24) is 15.4 Å². The smallest absolute Gasteiger partial charge is 0.150 e. The summed E-state index contributed by atoms with van der Waals surface area (Å²) in [6, 6.07) is 2.68. The first-order valence-electron chi connectivity index (χ1n) is 6.22. The van der Waals surface area contributed by atoms with Gasteiger partial charge in [-0.1, -0.05) is 12.1 Å². The minimum atomic E-state index is 0.713. The summed E-state index contributed by atoms with van der Waals surface area (Å²) in [5.74, 6) is 2.67. The van der Waals surface area contributed by atoms with Gasteiger partial charge in [-0.25, -0.2) is 0 Å². The van der Waals surface area contributed by atoms with Crippen LogP contribution >= 0.6 is 0 Å². The first kappa shape index (κ1) is 10.3. The van der Waals surface area contributed by atoms with Crippen molar-refractivity contribution in [3.8, 4) is 0 Å². The molecule has 3 unspecified atom stereocenters. The second-order valence-electron chi connectivity index (χ2n) is 4.97. The maximum absolute atomic E-state index is 5.20. The van der Waals surface area contributed by atoms with Gasteiger partial charge in [-0.2, -0.15) is 0 Å². The van der Waals surface area contributed by atoms with Crippen LogP contribution in [0.2, 0.25) is 0 Å². The Labute approximate surface area is 96.0 Å². The summed E-state index contributed by atoms with van der Waals surface area (Å²) < 4.78 is 5.20. The molecule has 0 saturated carbocycles. The van der Waals surface area contributed by atoms with Gasteiger partial charge in [-0.3, -0.25) is 4.90 Å². The highest BCUT2D eigenvalue weighted by Crippen LogP contribution is 2.34. The molecule has 2 aliphatic heterocycles. The van der Waals surface area contributed by atoms with Gasteiger partial charge in [0, 0.05) is 18.7 Å². The molecule has 1 N–H and O–H groups in total. The highest BCUT2D eigenvalue weighted by Gasteiger charge is 2.43. The first-order chi connectivity index (χ1) is 7.88. The molecule has 0 aliphatic carbocycles. The molecule has 0 amide bonds. The van der Waals surface area contributed by atoms with Crippen molar-refractivity contribution in [2.45, 2.75) is 25.9 Å². The van der Waals surface area contributed by atoms with Crippen LogP contribution in [0.25, 0.3) is 0 Å². The standard InChI is InChI=1S/C12H19N3O/c1-2-12-11-6-13-5-9(11)7-15(12)8-10-3-4-14-16-10/h3-4,9,11-13H,2,5-8H2,1H3. The molecular weight excluding hydrogens is 202 g/mol. The number of rotatable bonds is 3. The number of hydrogen-bond acceptors (Lipinski definition) is 4. The number of hydrogen-bond donors (Lipinski definition) is 1. The zero-order valence-corrected chi connectivity index (χ0v) is 9.72. The molecule has 1 aromatic heterocycles. The molecule has 0 aromatic carbocycles. The highest BCUT2D eigenvalue weighted by molar-refractivity contribution is 5.01. The maximum Gasteiger partial charge on any atom is 0.150 e. The second kappa shape index (κ2) is 4.18. The maximum atomic E-state index is 5.20. The fraction of sp³-hybridized carbons (Fsp3) is 0.750. The predicted molar refractivity (Wildman–Crippen MR) is 60.8 cm³/mol. The van der Waals surface area contributed by atoms with Crippen LogP contribution in [-0.2, 0) is 6.54 Å². The number of likely N-dealkylation sites (tertiary alicyclic amines) is 1. The van der Waals surface area contributed by atoms with Gasteiger partial charge in [-0.05, 0) is 31.3 Å². The van der Waals surface area contributed by atoms with Gasteiger partial charge in [0.15, 0.2) is 5.76 Å². The van der Waals surface area contributed by atoms with E-state index in [1.807, 2.05) is 6.07 Å². The van der Waals surface area contributed by atoms with Crippen molar-refractivity contribution < 1.29 is 4.52 Å². The van der Waals surface area contributed by atoms with Crippen LogP contribution in [0, 0.1) is 11.8 Å². The number of nitrogens with one attached hydrogen (secondary N) is 1. The van der Waals surface area contributed by atoms with E-state index in [0.717, 1.165) is 24.1 Å². The van der Waals surface area contributed by atoms with E-state index >= 15 is 0 Å². The molecule has 0 radical (unpaired) electrons. The molecule has 2 saturated heterocycles. The summed E-state index contributed by atoms with van der Waals surface area (Å²) in [5.41, 5.74) is 0. The Kier molecular flexibility index (Phi) is 2.69. The number of nitrogens with zero attached hydrogens (tertiary/aromatic N) is 2. The lowest BCUT2D eigenvalue weighted by Crippen LogP contribution is -2.34. The zero-order chi connectivity index (χ0) is 11.0. The van der Waals surface area contributed by atoms with Crippen molar-refractivity contribution in [2.75, 3.05) is 19.6 Å². The summed E-state index contributed by atoms with van der Waals surface area (Å²) in [5, 5.41) is 7.28. The first-order valence-corrected chi connectivity index (χ1v) is 6.22. The largest absolute Gasteiger partial charge is 0.360 e. The molecule has 2 fully saturated rings. The monoisotopic (exact) mass is 221 g/mol. The molecule has 16 heavy (non-hydrogen) atoms. The number of fused-ring (bicyclic) bond motifs is 1. The summed E-state index contributed by atoms with van der Waals surface area (Å²) in [6.07, 6.45) is 2.96. The van der Waals surface area contributed by atoms with Gasteiger partial charge in [0.25, 0.3) is 0 Å². The minimum Gasteiger partial charge on any atom is -0.360 e. The van der Waals surface area contributed by atoms with Crippen molar-refractivity contribution in [3.05, 3.63) is 18.0 Å². The molecule has 88 valence electrons. The van der Waals surface area contributed by atoms with Crippen molar-refractivity contribution in [2.24, 2.45) is 11.8 Å². The summed E-state index contributed by atoms with van der Waals surface area (Å²) in [6.45, 7) is 6.80. The Morgan fingerprint density at radius 2 is 2.50 bits per heavy atom. The molecule has 3 atom stereocenters. The lowest BCUT2D eigenvalue weighted by molar-refractivity contribution is 0.188. The Bertz CT molecular complexity index is 338. The summed E-state index contributed by atoms with van der Waals surface area (Å²) >= 11 is 0. The third-order valence-corrected chi connectivity index (χ3v) is 4.09. The molecule has 0 spiro atoms. The molecule has 3 heterocycles. The second-order valence-corrected chi connectivity index (χ2v) is 4.97. The van der Waals surface area contributed by atoms with Crippen LogP contribution in [0.4, 0.5) is 0 Å². The van der Waals surface area contributed by atoms with Crippen LogP contribution in [0.1, 0.15) is 19.1 Å². The van der Waals surface area contributed by atoms with E-state index in [4.69, 9.17) is 4.52 Å². The highest BCUT2D eigenvalue weighted by atomic mass is 16.5. The van der Waals surface area contributed by atoms with Gasteiger partial charge >= 0.3 is 0 Å². The van der Waals surface area contributed by atoms with Gasteiger partial charge in [0.2, 0.25) is 0 Å². The zero-order valence-electron chi connectivity index (χ0n) is 9.72. The fourth-order valence-corrected chi connectivity index (χ4v) is 3.38. The Morgan fingerprint density at radius 1 is 1.56 bits per heavy atom. The van der Waals surface area contributed by atoms with Gasteiger partial charge in [0.1, 0.15) is 0 Å². The van der Waals surface area contributed by atoms with E-state index in [0.29, 0.717) is 6.04 Å². The summed E-state index contributed by atoms with van der Waals surface area (Å²) in [4.78, 5) is 2.57. The Hall–Kier alpha value is -0.870. The number of aromatic nitrogens is 1. The molecule has 4 heteroatoms. The van der Waals surface area contributed by atoms with Gasteiger partial charge < -0.3 is 9.84 Å². The molecule has 2 aliphatic rings. The van der Waals surface area contributed by atoms with E-state index in [9.17, 15) is 0 Å². The molecule has 1 aromatic rings. The van der Waals surface area contributed by atoms with Crippen molar-refractivity contribution in [1.29, 1.82) is 0 Å². The van der Waals surface area contributed by atoms with E-state index < -0.39 is 0 Å². The van der Waals surface area contributed by atoms with Crippen LogP contribution in [0.15, 0.2) is 16.8 Å². The normalized spacial score (nSPS) is 34.4.